The third-order valence-electron chi connectivity index (χ3n) is 3.83. The molecule has 0 aromatic heterocycles. The van der Waals surface area contributed by atoms with Crippen LogP contribution < -0.4 is 10.6 Å². The van der Waals surface area contributed by atoms with Crippen LogP contribution in [0.5, 0.6) is 0 Å². The third-order valence-corrected chi connectivity index (χ3v) is 3.83. The number of amides is 1. The van der Waals surface area contributed by atoms with Crippen molar-refractivity contribution in [1.29, 1.82) is 0 Å². The molecule has 1 aliphatic rings. The molecule has 1 saturated heterocycles. The summed E-state index contributed by atoms with van der Waals surface area (Å²) in [6.07, 6.45) is 2.19. The molecule has 0 atom stereocenters. The monoisotopic (exact) mass is 261 g/mol. The zero-order valence-corrected chi connectivity index (χ0v) is 12.0. The summed E-state index contributed by atoms with van der Waals surface area (Å²) in [5.41, 5.74) is 8.29. The van der Waals surface area contributed by atoms with Crippen LogP contribution in [0.4, 0.5) is 11.4 Å². The number of nitrogens with zero attached hydrogens (tertiary/aromatic N) is 2. The molecule has 4 nitrogen and oxygen atoms in total. The molecule has 1 fully saturated rings. The van der Waals surface area contributed by atoms with Crippen LogP contribution in [0.15, 0.2) is 18.2 Å². The Morgan fingerprint density at radius 3 is 2.47 bits per heavy atom. The van der Waals surface area contributed by atoms with Gasteiger partial charge in [-0.05, 0) is 37.0 Å². The fourth-order valence-electron chi connectivity index (χ4n) is 2.49. The first-order valence-corrected chi connectivity index (χ1v) is 6.85. The van der Waals surface area contributed by atoms with Gasteiger partial charge in [0.15, 0.2) is 0 Å². The molecular weight excluding hydrogens is 238 g/mol. The quantitative estimate of drug-likeness (QED) is 0.830. The molecule has 2 N–H and O–H groups in total. The maximum atomic E-state index is 12.4. The van der Waals surface area contributed by atoms with Crippen molar-refractivity contribution in [2.75, 3.05) is 37.8 Å². The summed E-state index contributed by atoms with van der Waals surface area (Å²) in [6.45, 7) is 3.95. The van der Waals surface area contributed by atoms with Gasteiger partial charge in [-0.2, -0.15) is 0 Å². The minimum Gasteiger partial charge on any atom is -0.397 e. The van der Waals surface area contributed by atoms with Gasteiger partial charge in [0, 0.05) is 32.7 Å². The van der Waals surface area contributed by atoms with Gasteiger partial charge in [0.25, 0.3) is 5.91 Å². The number of carbonyl (C=O) groups is 1. The summed E-state index contributed by atoms with van der Waals surface area (Å²) in [5, 5.41) is 0. The molecule has 1 aromatic rings. The summed E-state index contributed by atoms with van der Waals surface area (Å²) in [4.78, 5) is 16.3. The highest BCUT2D eigenvalue weighted by atomic mass is 16.2. The summed E-state index contributed by atoms with van der Waals surface area (Å²) >= 11 is 0. The lowest BCUT2D eigenvalue weighted by Crippen LogP contribution is -2.37. The van der Waals surface area contributed by atoms with E-state index >= 15 is 0 Å². The van der Waals surface area contributed by atoms with Crippen LogP contribution >= 0.6 is 0 Å². The van der Waals surface area contributed by atoms with E-state index in [2.05, 4.69) is 6.92 Å². The Morgan fingerprint density at radius 2 is 1.95 bits per heavy atom. The Bertz CT molecular complexity index is 462. The van der Waals surface area contributed by atoms with Gasteiger partial charge >= 0.3 is 0 Å². The largest absolute Gasteiger partial charge is 0.397 e. The zero-order valence-electron chi connectivity index (χ0n) is 12.0. The van der Waals surface area contributed by atoms with Gasteiger partial charge in [0.05, 0.1) is 11.4 Å². The standard InChI is InChI=1S/C15H23N3O/c1-11-6-8-18(9-7-11)15(19)12-4-5-14(17(2)3)13(16)10-12/h4-5,10-11H,6-9,16H2,1-3H3. The van der Waals surface area contributed by atoms with Crippen LogP contribution in [0.1, 0.15) is 30.1 Å². The number of hydrogen-bond donors (Lipinski definition) is 1. The van der Waals surface area contributed by atoms with Gasteiger partial charge < -0.3 is 15.5 Å². The van der Waals surface area contributed by atoms with Crippen molar-refractivity contribution in [3.8, 4) is 0 Å². The van der Waals surface area contributed by atoms with E-state index in [1.807, 2.05) is 36.0 Å². The van der Waals surface area contributed by atoms with Crippen molar-refractivity contribution in [1.82, 2.24) is 4.90 Å². The van der Waals surface area contributed by atoms with Crippen LogP contribution in [0.2, 0.25) is 0 Å². The van der Waals surface area contributed by atoms with Gasteiger partial charge in [-0.3, -0.25) is 4.79 Å². The number of nitrogens with two attached hydrogens (primary N) is 1. The molecule has 0 saturated carbocycles. The van der Waals surface area contributed by atoms with E-state index in [0.29, 0.717) is 11.3 Å². The highest BCUT2D eigenvalue weighted by Crippen LogP contribution is 2.24. The van der Waals surface area contributed by atoms with E-state index in [1.54, 1.807) is 6.07 Å². The SMILES string of the molecule is CC1CCN(C(=O)c2ccc(N(C)C)c(N)c2)CC1. The normalized spacial score (nSPS) is 16.5. The molecule has 1 aromatic carbocycles. The van der Waals surface area contributed by atoms with Crippen molar-refractivity contribution in [2.45, 2.75) is 19.8 Å². The minimum absolute atomic E-state index is 0.101. The summed E-state index contributed by atoms with van der Waals surface area (Å²) in [6, 6.07) is 5.57. The van der Waals surface area contributed by atoms with Crippen molar-refractivity contribution in [2.24, 2.45) is 5.92 Å². The molecule has 1 heterocycles. The number of rotatable bonds is 2. The average Bonchev–Trinajstić information content (AvgIpc) is 2.38. The molecular formula is C15H23N3O. The van der Waals surface area contributed by atoms with Crippen LogP contribution in [-0.4, -0.2) is 38.0 Å². The molecule has 0 radical (unpaired) electrons. The van der Waals surface area contributed by atoms with Gasteiger partial charge in [-0.15, -0.1) is 0 Å². The van der Waals surface area contributed by atoms with Crippen LogP contribution in [0.3, 0.4) is 0 Å². The molecule has 0 spiro atoms. The third kappa shape index (κ3) is 3.00. The predicted octanol–water partition coefficient (Wildman–Crippen LogP) is 2.21. The maximum absolute atomic E-state index is 12.4. The van der Waals surface area contributed by atoms with Gasteiger partial charge in [-0.25, -0.2) is 0 Å². The highest BCUT2D eigenvalue weighted by Gasteiger charge is 2.21. The molecule has 0 unspecified atom stereocenters. The van der Waals surface area contributed by atoms with Gasteiger partial charge in [0.2, 0.25) is 0 Å². The Morgan fingerprint density at radius 1 is 1.32 bits per heavy atom. The number of likely N-dealkylation sites (tertiary alicyclic amines) is 1. The first-order valence-electron chi connectivity index (χ1n) is 6.85. The van der Waals surface area contributed by atoms with Crippen molar-refractivity contribution in [3.05, 3.63) is 23.8 Å². The van der Waals surface area contributed by atoms with E-state index in [9.17, 15) is 4.79 Å². The van der Waals surface area contributed by atoms with E-state index in [-0.39, 0.29) is 5.91 Å². The minimum atomic E-state index is 0.101. The number of hydrogen-bond acceptors (Lipinski definition) is 3. The van der Waals surface area contributed by atoms with Crippen LogP contribution in [-0.2, 0) is 0 Å². The lowest BCUT2D eigenvalue weighted by atomic mass is 9.98. The Kier molecular flexibility index (Phi) is 3.98. The Hall–Kier alpha value is -1.71. The maximum Gasteiger partial charge on any atom is 0.253 e. The lowest BCUT2D eigenvalue weighted by molar-refractivity contribution is 0.0697. The van der Waals surface area contributed by atoms with Gasteiger partial charge in [-0.1, -0.05) is 6.92 Å². The second kappa shape index (κ2) is 5.51. The molecule has 0 bridgehead atoms. The molecule has 19 heavy (non-hydrogen) atoms. The second-order valence-electron chi connectivity index (χ2n) is 5.64. The molecule has 1 aliphatic heterocycles. The van der Waals surface area contributed by atoms with Crippen molar-refractivity contribution < 1.29 is 4.79 Å². The lowest BCUT2D eigenvalue weighted by Gasteiger charge is -2.30. The first-order chi connectivity index (χ1) is 8.99. The summed E-state index contributed by atoms with van der Waals surface area (Å²) < 4.78 is 0. The van der Waals surface area contributed by atoms with Crippen LogP contribution in [0, 0.1) is 5.92 Å². The van der Waals surface area contributed by atoms with E-state index in [1.165, 1.54) is 0 Å². The van der Waals surface area contributed by atoms with Crippen molar-refractivity contribution in [3.63, 3.8) is 0 Å². The number of anilines is 2. The molecule has 4 heteroatoms. The second-order valence-corrected chi connectivity index (χ2v) is 5.64. The first kappa shape index (κ1) is 13.7. The number of nitrogen functional groups attached to an aromatic ring is 1. The molecule has 1 amide bonds. The van der Waals surface area contributed by atoms with Gasteiger partial charge in [0.1, 0.15) is 0 Å². The van der Waals surface area contributed by atoms with E-state index in [4.69, 9.17) is 5.73 Å². The Balaban J connectivity index is 2.13. The van der Waals surface area contributed by atoms with E-state index < -0.39 is 0 Å². The zero-order chi connectivity index (χ0) is 14.0. The number of benzene rings is 1. The number of piperidine rings is 1. The fourth-order valence-corrected chi connectivity index (χ4v) is 2.49. The average molecular weight is 261 g/mol. The van der Waals surface area contributed by atoms with E-state index in [0.717, 1.165) is 37.5 Å². The number of carbonyl (C=O) groups excluding carboxylic acids is 1. The molecule has 0 aliphatic carbocycles. The summed E-state index contributed by atoms with van der Waals surface area (Å²) in [5.74, 6) is 0.828. The molecule has 2 rings (SSSR count). The smallest absolute Gasteiger partial charge is 0.253 e. The predicted molar refractivity (Wildman–Crippen MR) is 79.5 cm³/mol. The summed E-state index contributed by atoms with van der Waals surface area (Å²) in [7, 11) is 3.89. The van der Waals surface area contributed by atoms with Crippen molar-refractivity contribution >= 4 is 17.3 Å². The highest BCUT2D eigenvalue weighted by molar-refractivity contribution is 5.96. The van der Waals surface area contributed by atoms with Crippen LogP contribution in [0.25, 0.3) is 0 Å². The fraction of sp³-hybridized carbons (Fsp3) is 0.533. The topological polar surface area (TPSA) is 49.6 Å². The molecule has 104 valence electrons. The Labute approximate surface area is 115 Å².